The van der Waals surface area contributed by atoms with Crippen LogP contribution in [-0.2, 0) is 24.0 Å². The summed E-state index contributed by atoms with van der Waals surface area (Å²) in [7, 11) is 0. The maximum absolute atomic E-state index is 5.94. The zero-order chi connectivity index (χ0) is 22.2. The fraction of sp³-hybridized carbons (Fsp3) is 0.385. The monoisotopic (exact) mass is 432 g/mol. The normalized spacial score (nSPS) is 14.2. The van der Waals surface area contributed by atoms with Crippen LogP contribution in [-0.4, -0.2) is 33.8 Å². The summed E-state index contributed by atoms with van der Waals surface area (Å²) in [6, 6.07) is 16.7. The molecule has 0 spiro atoms. The largest absolute Gasteiger partial charge is 0.493 e. The Morgan fingerprint density at radius 2 is 1.78 bits per heavy atom. The summed E-state index contributed by atoms with van der Waals surface area (Å²) in [5.41, 5.74) is 3.55. The zero-order valence-corrected chi connectivity index (χ0v) is 19.0. The second-order valence-corrected chi connectivity index (χ2v) is 8.03. The van der Waals surface area contributed by atoms with Crippen LogP contribution in [0.3, 0.4) is 0 Å². The quantitative estimate of drug-likeness (QED) is 0.417. The molecule has 0 saturated carbocycles. The van der Waals surface area contributed by atoms with Crippen molar-refractivity contribution in [2.45, 2.75) is 52.1 Å². The Hall–Kier alpha value is -3.28. The van der Waals surface area contributed by atoms with Gasteiger partial charge in [-0.15, -0.1) is 5.10 Å². The van der Waals surface area contributed by atoms with Crippen LogP contribution >= 0.6 is 0 Å². The number of hydrazone groups is 1. The highest BCUT2D eigenvalue weighted by molar-refractivity contribution is 5.76. The van der Waals surface area contributed by atoms with Crippen LogP contribution in [0, 0.1) is 0 Å². The predicted octanol–water partition coefficient (Wildman–Crippen LogP) is 5.21. The number of ether oxygens (including phenoxy) is 2. The summed E-state index contributed by atoms with van der Waals surface area (Å²) in [4.78, 5) is 4.50. The molecule has 3 heterocycles. The van der Waals surface area contributed by atoms with E-state index in [0.717, 1.165) is 49.4 Å². The Labute approximate surface area is 190 Å². The average molecular weight is 433 g/mol. The topological polar surface area (TPSA) is 51.9 Å². The van der Waals surface area contributed by atoms with E-state index in [4.69, 9.17) is 14.6 Å². The summed E-state index contributed by atoms with van der Waals surface area (Å²) in [5, 5.41) is 6.74. The molecule has 6 nitrogen and oxygen atoms in total. The minimum absolute atomic E-state index is 0.0725. The molecule has 32 heavy (non-hydrogen) atoms. The van der Waals surface area contributed by atoms with E-state index >= 15 is 0 Å². The highest BCUT2D eigenvalue weighted by atomic mass is 16.5. The molecule has 1 aliphatic rings. The molecule has 0 N–H and O–H groups in total. The average Bonchev–Trinajstić information content (AvgIpc) is 3.52. The molecular weight excluding hydrogens is 400 g/mol. The van der Waals surface area contributed by atoms with Crippen LogP contribution in [0.2, 0.25) is 0 Å². The maximum Gasteiger partial charge on any atom is 0.208 e. The highest BCUT2D eigenvalue weighted by Gasteiger charge is 2.24. The summed E-state index contributed by atoms with van der Waals surface area (Å²) < 4.78 is 13.9. The van der Waals surface area contributed by atoms with Gasteiger partial charge in [0.05, 0.1) is 6.61 Å². The molecule has 1 atom stereocenters. The van der Waals surface area contributed by atoms with Crippen molar-refractivity contribution in [1.29, 1.82) is 0 Å². The van der Waals surface area contributed by atoms with Gasteiger partial charge < -0.3 is 14.0 Å². The second kappa shape index (κ2) is 10.8. The number of hydrogen-bond acceptors (Lipinski definition) is 5. The summed E-state index contributed by atoms with van der Waals surface area (Å²) in [6.07, 6.45) is 10.7. The third kappa shape index (κ3) is 5.69. The minimum atomic E-state index is 0.0725. The van der Waals surface area contributed by atoms with Gasteiger partial charge in [0.2, 0.25) is 5.90 Å². The Kier molecular flexibility index (Phi) is 7.43. The fourth-order valence-electron chi connectivity index (χ4n) is 3.76. The van der Waals surface area contributed by atoms with Crippen molar-refractivity contribution in [3.05, 3.63) is 83.9 Å². The van der Waals surface area contributed by atoms with Crippen LogP contribution in [0.25, 0.3) is 0 Å². The van der Waals surface area contributed by atoms with Gasteiger partial charge in [-0.25, -0.2) is 5.01 Å². The second-order valence-electron chi connectivity index (χ2n) is 8.03. The zero-order valence-electron chi connectivity index (χ0n) is 19.0. The molecule has 6 heteroatoms. The first-order chi connectivity index (χ1) is 15.7. The maximum atomic E-state index is 5.94. The van der Waals surface area contributed by atoms with Crippen molar-refractivity contribution < 1.29 is 9.47 Å². The molecular formula is C26H32N4O2. The third-order valence-electron chi connectivity index (χ3n) is 5.65. The van der Waals surface area contributed by atoms with E-state index < -0.39 is 0 Å². The fourth-order valence-corrected chi connectivity index (χ4v) is 3.76. The van der Waals surface area contributed by atoms with Crippen molar-refractivity contribution in [3.8, 4) is 5.75 Å². The smallest absolute Gasteiger partial charge is 0.208 e. The van der Waals surface area contributed by atoms with Crippen molar-refractivity contribution in [2.24, 2.45) is 5.10 Å². The molecule has 0 radical (unpaired) electrons. The van der Waals surface area contributed by atoms with Crippen LogP contribution in [0.15, 0.2) is 72.2 Å². The Balaban J connectivity index is 1.34. The van der Waals surface area contributed by atoms with Crippen LogP contribution in [0.1, 0.15) is 49.7 Å². The van der Waals surface area contributed by atoms with Gasteiger partial charge in [0.15, 0.2) is 6.73 Å². The Morgan fingerprint density at radius 3 is 2.47 bits per heavy atom. The molecule has 0 bridgehead atoms. The highest BCUT2D eigenvalue weighted by Crippen LogP contribution is 2.24. The molecule has 168 valence electrons. The molecule has 1 aliphatic heterocycles. The lowest BCUT2D eigenvalue weighted by Crippen LogP contribution is -2.28. The lowest BCUT2D eigenvalue weighted by atomic mass is 10.1. The Bertz CT molecular complexity index is 982. The van der Waals surface area contributed by atoms with Gasteiger partial charge in [0, 0.05) is 43.5 Å². The van der Waals surface area contributed by atoms with Crippen molar-refractivity contribution in [3.63, 3.8) is 0 Å². The van der Waals surface area contributed by atoms with Gasteiger partial charge in [-0.05, 0) is 54.3 Å². The number of benzene rings is 1. The molecule has 0 unspecified atom stereocenters. The molecule has 0 fully saturated rings. The molecule has 0 amide bonds. The van der Waals surface area contributed by atoms with Crippen LogP contribution in [0.4, 0.5) is 0 Å². The number of rotatable bonds is 11. The van der Waals surface area contributed by atoms with E-state index in [2.05, 4.69) is 60.1 Å². The van der Waals surface area contributed by atoms with Crippen molar-refractivity contribution in [1.82, 2.24) is 14.6 Å². The lowest BCUT2D eigenvalue weighted by Gasteiger charge is -2.26. The van der Waals surface area contributed by atoms with E-state index in [1.54, 1.807) is 0 Å². The van der Waals surface area contributed by atoms with Crippen LogP contribution < -0.4 is 4.74 Å². The molecule has 3 aromatic rings. The van der Waals surface area contributed by atoms with Crippen molar-refractivity contribution in [2.75, 3.05) is 13.3 Å². The number of pyridine rings is 1. The van der Waals surface area contributed by atoms with E-state index in [1.807, 2.05) is 35.5 Å². The summed E-state index contributed by atoms with van der Waals surface area (Å²) in [5.74, 6) is 1.71. The van der Waals surface area contributed by atoms with Gasteiger partial charge in [-0.2, -0.15) is 0 Å². The van der Waals surface area contributed by atoms with Gasteiger partial charge >= 0.3 is 0 Å². The SMILES string of the molecule is CCCC1=NN([C@H](Cc2ccc(OCCc3ccc(CC)cn3)cc2)n2cccc2)CO1. The molecule has 2 aromatic heterocycles. The molecule has 4 rings (SSSR count). The Morgan fingerprint density at radius 1 is 1.00 bits per heavy atom. The third-order valence-corrected chi connectivity index (χ3v) is 5.65. The van der Waals surface area contributed by atoms with Gasteiger partial charge in [0.1, 0.15) is 11.9 Å². The van der Waals surface area contributed by atoms with E-state index in [0.29, 0.717) is 13.3 Å². The molecule has 0 aliphatic carbocycles. The summed E-state index contributed by atoms with van der Waals surface area (Å²) >= 11 is 0. The number of aryl methyl sites for hydroxylation is 1. The van der Waals surface area contributed by atoms with Gasteiger partial charge in [-0.3, -0.25) is 4.98 Å². The van der Waals surface area contributed by atoms with Crippen molar-refractivity contribution >= 4 is 5.90 Å². The first-order valence-corrected chi connectivity index (χ1v) is 11.5. The van der Waals surface area contributed by atoms with Gasteiger partial charge in [0.25, 0.3) is 0 Å². The predicted molar refractivity (Wildman–Crippen MR) is 127 cm³/mol. The van der Waals surface area contributed by atoms with E-state index in [1.165, 1.54) is 11.1 Å². The minimum Gasteiger partial charge on any atom is -0.493 e. The van der Waals surface area contributed by atoms with Gasteiger partial charge in [-0.1, -0.05) is 32.0 Å². The number of aromatic nitrogens is 2. The first kappa shape index (κ1) is 21.9. The summed E-state index contributed by atoms with van der Waals surface area (Å²) in [6.45, 7) is 5.39. The standard InChI is InChI=1S/C26H32N4O2/c1-3-7-25-28-30(20-32-25)26(29-15-5-6-16-29)18-22-9-12-24(13-10-22)31-17-14-23-11-8-21(4-2)19-27-23/h5-6,8-13,15-16,19,26H,3-4,7,14,17-18,20H2,1-2H3/t26-/m1/s1. The van der Waals surface area contributed by atoms with Crippen LogP contribution in [0.5, 0.6) is 5.75 Å². The number of nitrogens with zero attached hydrogens (tertiary/aromatic N) is 4. The first-order valence-electron chi connectivity index (χ1n) is 11.5. The van der Waals surface area contributed by atoms with E-state index in [9.17, 15) is 0 Å². The number of hydrogen-bond donors (Lipinski definition) is 0. The van der Waals surface area contributed by atoms with E-state index in [-0.39, 0.29) is 6.17 Å². The lowest BCUT2D eigenvalue weighted by molar-refractivity contribution is 0.0826. The molecule has 1 aromatic carbocycles. The molecule has 0 saturated heterocycles.